The lowest BCUT2D eigenvalue weighted by Gasteiger charge is -2.33. The van der Waals surface area contributed by atoms with Crippen LogP contribution in [0.4, 0.5) is 0 Å². The van der Waals surface area contributed by atoms with Gasteiger partial charge in [-0.25, -0.2) is 0 Å². The SMILES string of the molecule is CC(C)C(C)(CC(=O)O)NC(=O)c1ccnn1C. The highest BCUT2D eigenvalue weighted by Gasteiger charge is 2.33. The number of carboxylic acid groups (broad SMARTS) is 1. The summed E-state index contributed by atoms with van der Waals surface area (Å²) in [5.74, 6) is -1.24. The Bertz CT molecular complexity index is 453. The standard InChI is InChI=1S/C12H19N3O3/c1-8(2)12(3,7-10(16)17)14-11(18)9-5-6-13-15(9)4/h5-6,8H,7H2,1-4H3,(H,14,18)(H,16,17). The summed E-state index contributed by atoms with van der Waals surface area (Å²) in [7, 11) is 1.67. The molecule has 1 heterocycles. The van der Waals surface area contributed by atoms with E-state index >= 15 is 0 Å². The molecule has 1 aromatic rings. The number of carboxylic acids is 1. The average molecular weight is 253 g/mol. The van der Waals surface area contributed by atoms with Gasteiger partial charge in [0.2, 0.25) is 0 Å². The molecule has 0 aliphatic heterocycles. The smallest absolute Gasteiger partial charge is 0.305 e. The third-order valence-corrected chi connectivity index (χ3v) is 3.25. The van der Waals surface area contributed by atoms with Crippen LogP contribution in [0, 0.1) is 5.92 Å². The molecule has 6 heteroatoms. The summed E-state index contributed by atoms with van der Waals surface area (Å²) in [6.45, 7) is 5.50. The number of aliphatic carboxylic acids is 1. The van der Waals surface area contributed by atoms with Crippen molar-refractivity contribution in [3.05, 3.63) is 18.0 Å². The van der Waals surface area contributed by atoms with E-state index in [0.717, 1.165) is 0 Å². The summed E-state index contributed by atoms with van der Waals surface area (Å²) >= 11 is 0. The van der Waals surface area contributed by atoms with Crippen LogP contribution in [0.25, 0.3) is 0 Å². The van der Waals surface area contributed by atoms with Gasteiger partial charge in [0.05, 0.1) is 12.0 Å². The van der Waals surface area contributed by atoms with E-state index in [-0.39, 0.29) is 18.2 Å². The molecule has 1 amide bonds. The van der Waals surface area contributed by atoms with E-state index in [1.165, 1.54) is 10.9 Å². The Hall–Kier alpha value is -1.85. The topological polar surface area (TPSA) is 84.2 Å². The Kier molecular flexibility index (Phi) is 4.11. The molecular weight excluding hydrogens is 234 g/mol. The zero-order valence-electron chi connectivity index (χ0n) is 11.1. The number of nitrogens with one attached hydrogen (secondary N) is 1. The van der Waals surface area contributed by atoms with Crippen molar-refractivity contribution in [1.29, 1.82) is 0 Å². The maximum absolute atomic E-state index is 12.1. The van der Waals surface area contributed by atoms with E-state index < -0.39 is 11.5 Å². The molecular formula is C12H19N3O3. The van der Waals surface area contributed by atoms with E-state index in [9.17, 15) is 9.59 Å². The van der Waals surface area contributed by atoms with Crippen LogP contribution in [0.2, 0.25) is 0 Å². The van der Waals surface area contributed by atoms with Crippen LogP contribution >= 0.6 is 0 Å². The van der Waals surface area contributed by atoms with E-state index in [2.05, 4.69) is 10.4 Å². The van der Waals surface area contributed by atoms with Crippen molar-refractivity contribution in [1.82, 2.24) is 15.1 Å². The van der Waals surface area contributed by atoms with Gasteiger partial charge in [0.15, 0.2) is 0 Å². The number of aromatic nitrogens is 2. The van der Waals surface area contributed by atoms with Crippen molar-refractivity contribution in [2.45, 2.75) is 32.7 Å². The lowest BCUT2D eigenvalue weighted by molar-refractivity contribution is -0.138. The first kappa shape index (κ1) is 14.2. The quantitative estimate of drug-likeness (QED) is 0.821. The summed E-state index contributed by atoms with van der Waals surface area (Å²) in [6, 6.07) is 1.59. The van der Waals surface area contributed by atoms with Crippen molar-refractivity contribution in [3.8, 4) is 0 Å². The molecule has 0 saturated heterocycles. The van der Waals surface area contributed by atoms with E-state index in [0.29, 0.717) is 5.69 Å². The summed E-state index contributed by atoms with van der Waals surface area (Å²) in [5.41, 5.74) is -0.375. The van der Waals surface area contributed by atoms with Crippen LogP contribution in [-0.4, -0.2) is 32.3 Å². The molecule has 18 heavy (non-hydrogen) atoms. The van der Waals surface area contributed by atoms with Gasteiger partial charge in [0.1, 0.15) is 5.69 Å². The molecule has 6 nitrogen and oxygen atoms in total. The van der Waals surface area contributed by atoms with Crippen molar-refractivity contribution >= 4 is 11.9 Å². The summed E-state index contributed by atoms with van der Waals surface area (Å²) in [6.07, 6.45) is 1.41. The normalized spacial score (nSPS) is 14.3. The summed E-state index contributed by atoms with van der Waals surface area (Å²) in [5, 5.41) is 15.6. The molecule has 1 atom stereocenters. The molecule has 0 aliphatic carbocycles. The maximum Gasteiger partial charge on any atom is 0.305 e. The highest BCUT2D eigenvalue weighted by atomic mass is 16.4. The van der Waals surface area contributed by atoms with Gasteiger partial charge >= 0.3 is 5.97 Å². The maximum atomic E-state index is 12.1. The fourth-order valence-electron chi connectivity index (χ4n) is 1.63. The molecule has 0 aliphatic rings. The molecule has 0 aromatic carbocycles. The van der Waals surface area contributed by atoms with Gasteiger partial charge in [-0.3, -0.25) is 14.3 Å². The lowest BCUT2D eigenvalue weighted by Crippen LogP contribution is -2.51. The number of amides is 1. The highest BCUT2D eigenvalue weighted by Crippen LogP contribution is 2.21. The minimum Gasteiger partial charge on any atom is -0.481 e. The third kappa shape index (κ3) is 3.09. The molecule has 1 aromatic heterocycles. The van der Waals surface area contributed by atoms with Crippen molar-refractivity contribution in [2.75, 3.05) is 0 Å². The Morgan fingerprint density at radius 3 is 2.56 bits per heavy atom. The number of carbonyl (C=O) groups is 2. The number of nitrogens with zero attached hydrogens (tertiary/aromatic N) is 2. The van der Waals surface area contributed by atoms with Crippen molar-refractivity contribution in [3.63, 3.8) is 0 Å². The number of hydrogen-bond donors (Lipinski definition) is 2. The average Bonchev–Trinajstić information content (AvgIpc) is 2.62. The van der Waals surface area contributed by atoms with Crippen LogP contribution in [0.1, 0.15) is 37.7 Å². The van der Waals surface area contributed by atoms with Gasteiger partial charge in [-0.05, 0) is 18.9 Å². The second-order valence-corrected chi connectivity index (χ2v) is 4.94. The molecule has 0 bridgehead atoms. The van der Waals surface area contributed by atoms with Gasteiger partial charge in [0, 0.05) is 13.2 Å². The first-order chi connectivity index (χ1) is 8.26. The molecule has 0 spiro atoms. The van der Waals surface area contributed by atoms with Crippen molar-refractivity contribution in [2.24, 2.45) is 13.0 Å². The van der Waals surface area contributed by atoms with Crippen LogP contribution in [0.5, 0.6) is 0 Å². The number of rotatable bonds is 5. The monoisotopic (exact) mass is 253 g/mol. The molecule has 100 valence electrons. The van der Waals surface area contributed by atoms with Crippen LogP contribution in [-0.2, 0) is 11.8 Å². The Balaban J connectivity index is 2.88. The lowest BCUT2D eigenvalue weighted by atomic mass is 9.85. The molecule has 1 rings (SSSR count). The van der Waals surface area contributed by atoms with Crippen molar-refractivity contribution < 1.29 is 14.7 Å². The van der Waals surface area contributed by atoms with E-state index in [1.54, 1.807) is 20.0 Å². The van der Waals surface area contributed by atoms with Gasteiger partial charge in [-0.15, -0.1) is 0 Å². The van der Waals surface area contributed by atoms with E-state index in [1.807, 2.05) is 13.8 Å². The second-order valence-electron chi connectivity index (χ2n) is 4.94. The Morgan fingerprint density at radius 1 is 1.56 bits per heavy atom. The Morgan fingerprint density at radius 2 is 2.17 bits per heavy atom. The molecule has 0 radical (unpaired) electrons. The number of aryl methyl sites for hydroxylation is 1. The predicted octanol–water partition coefficient (Wildman–Crippen LogP) is 1.04. The second kappa shape index (κ2) is 5.20. The van der Waals surface area contributed by atoms with Crippen LogP contribution < -0.4 is 5.32 Å². The van der Waals surface area contributed by atoms with E-state index in [4.69, 9.17) is 5.11 Å². The van der Waals surface area contributed by atoms with Gasteiger partial charge in [-0.1, -0.05) is 13.8 Å². The minimum atomic E-state index is -0.934. The zero-order valence-corrected chi connectivity index (χ0v) is 11.1. The molecule has 2 N–H and O–H groups in total. The summed E-state index contributed by atoms with van der Waals surface area (Å²) < 4.78 is 1.46. The largest absolute Gasteiger partial charge is 0.481 e. The van der Waals surface area contributed by atoms with Crippen LogP contribution in [0.3, 0.4) is 0 Å². The predicted molar refractivity (Wildman–Crippen MR) is 66.2 cm³/mol. The van der Waals surface area contributed by atoms with Gasteiger partial charge in [-0.2, -0.15) is 5.10 Å². The van der Waals surface area contributed by atoms with Gasteiger partial charge < -0.3 is 10.4 Å². The fourth-order valence-corrected chi connectivity index (χ4v) is 1.63. The minimum absolute atomic E-state index is 0.00535. The first-order valence-electron chi connectivity index (χ1n) is 5.78. The highest BCUT2D eigenvalue weighted by molar-refractivity contribution is 5.93. The molecule has 1 unspecified atom stereocenters. The number of hydrogen-bond acceptors (Lipinski definition) is 3. The molecule has 0 saturated carbocycles. The van der Waals surface area contributed by atoms with Crippen LogP contribution in [0.15, 0.2) is 12.3 Å². The summed E-state index contributed by atoms with van der Waals surface area (Å²) in [4.78, 5) is 22.9. The fraction of sp³-hybridized carbons (Fsp3) is 0.583. The number of carbonyl (C=O) groups excluding carboxylic acids is 1. The third-order valence-electron chi connectivity index (χ3n) is 3.25. The Labute approximate surface area is 106 Å². The van der Waals surface area contributed by atoms with Gasteiger partial charge in [0.25, 0.3) is 5.91 Å². The zero-order chi connectivity index (χ0) is 13.9. The molecule has 0 fully saturated rings. The first-order valence-corrected chi connectivity index (χ1v) is 5.78.